The number of rotatable bonds is 6. The molecule has 0 unspecified atom stereocenters. The second-order valence-electron chi connectivity index (χ2n) is 4.72. The van der Waals surface area contributed by atoms with Crippen LogP contribution in [0.25, 0.3) is 0 Å². The molecule has 0 aliphatic heterocycles. The molecule has 2 amide bonds. The smallest absolute Gasteiger partial charge is 0.252 e. The molecule has 0 spiro atoms. The maximum Gasteiger partial charge on any atom is 0.252 e. The monoisotopic (exact) mass is 299 g/mol. The molecule has 1 aromatic carbocycles. The minimum absolute atomic E-state index is 0.316. The van der Waals surface area contributed by atoms with Crippen molar-refractivity contribution in [1.29, 1.82) is 0 Å². The number of benzene rings is 1. The second-order valence-corrected chi connectivity index (χ2v) is 4.72. The van der Waals surface area contributed by atoms with Crippen LogP contribution in [-0.4, -0.2) is 29.9 Å². The van der Waals surface area contributed by atoms with Crippen molar-refractivity contribution in [3.63, 3.8) is 0 Å². The molecule has 1 aromatic heterocycles. The van der Waals surface area contributed by atoms with E-state index in [1.165, 1.54) is 12.4 Å². The summed E-state index contributed by atoms with van der Waals surface area (Å²) in [6, 6.07) is 9.59. The highest BCUT2D eigenvalue weighted by molar-refractivity contribution is 5.97. The number of pyridine rings is 1. The Morgan fingerprint density at radius 1 is 1.18 bits per heavy atom. The first-order chi connectivity index (χ1) is 10.6. The molecule has 0 aliphatic rings. The molecule has 0 saturated heterocycles. The fraction of sp³-hybridized carbons (Fsp3) is 0.188. The van der Waals surface area contributed by atoms with Gasteiger partial charge in [-0.3, -0.25) is 14.6 Å². The van der Waals surface area contributed by atoms with Crippen LogP contribution in [0.1, 0.15) is 15.9 Å². The quantitative estimate of drug-likeness (QED) is 0.829. The van der Waals surface area contributed by atoms with Gasteiger partial charge in [0, 0.05) is 24.4 Å². The standard InChI is InChI=1S/C16H17N3O3/c1-22-13-4-2-11(3-5-13)10-14(15(17)20)19-16(21)12-6-8-18-9-7-12/h2-9,14H,10H2,1H3,(H2,17,20)(H,19,21)/t14-/m1/s1. The van der Waals surface area contributed by atoms with Crippen LogP contribution < -0.4 is 15.8 Å². The molecule has 0 aliphatic carbocycles. The van der Waals surface area contributed by atoms with Crippen LogP contribution in [0.5, 0.6) is 5.75 Å². The fourth-order valence-electron chi connectivity index (χ4n) is 1.96. The Bertz CT molecular complexity index is 641. The lowest BCUT2D eigenvalue weighted by molar-refractivity contribution is -0.119. The number of primary amides is 1. The van der Waals surface area contributed by atoms with Crippen molar-refractivity contribution < 1.29 is 14.3 Å². The Hall–Kier alpha value is -2.89. The Morgan fingerprint density at radius 3 is 2.36 bits per heavy atom. The van der Waals surface area contributed by atoms with Gasteiger partial charge in [0.25, 0.3) is 5.91 Å². The third-order valence-electron chi connectivity index (χ3n) is 3.19. The number of hydrogen-bond donors (Lipinski definition) is 2. The maximum absolute atomic E-state index is 12.1. The Morgan fingerprint density at radius 2 is 1.82 bits per heavy atom. The number of carbonyl (C=O) groups excluding carboxylic acids is 2. The van der Waals surface area contributed by atoms with E-state index in [4.69, 9.17) is 10.5 Å². The summed E-state index contributed by atoms with van der Waals surface area (Å²) < 4.78 is 5.08. The van der Waals surface area contributed by atoms with Gasteiger partial charge in [-0.1, -0.05) is 12.1 Å². The van der Waals surface area contributed by atoms with Crippen LogP contribution in [0.3, 0.4) is 0 Å². The van der Waals surface area contributed by atoms with Crippen molar-refractivity contribution in [2.24, 2.45) is 5.73 Å². The van der Waals surface area contributed by atoms with Crippen molar-refractivity contribution in [2.75, 3.05) is 7.11 Å². The molecule has 22 heavy (non-hydrogen) atoms. The zero-order valence-electron chi connectivity index (χ0n) is 12.2. The van der Waals surface area contributed by atoms with E-state index in [1.54, 1.807) is 31.4 Å². The molecule has 1 heterocycles. The van der Waals surface area contributed by atoms with Crippen molar-refractivity contribution in [1.82, 2.24) is 10.3 Å². The number of hydrogen-bond acceptors (Lipinski definition) is 4. The van der Waals surface area contributed by atoms with Gasteiger partial charge in [-0.15, -0.1) is 0 Å². The normalized spacial score (nSPS) is 11.5. The van der Waals surface area contributed by atoms with Gasteiger partial charge in [-0.25, -0.2) is 0 Å². The summed E-state index contributed by atoms with van der Waals surface area (Å²) in [5.74, 6) is -0.224. The number of carbonyl (C=O) groups is 2. The molecule has 1 atom stereocenters. The van der Waals surface area contributed by atoms with Crippen LogP contribution in [-0.2, 0) is 11.2 Å². The van der Waals surface area contributed by atoms with Gasteiger partial charge < -0.3 is 15.8 Å². The van der Waals surface area contributed by atoms with Gasteiger partial charge >= 0.3 is 0 Å². The van der Waals surface area contributed by atoms with E-state index in [-0.39, 0.29) is 5.91 Å². The SMILES string of the molecule is COc1ccc(C[C@@H](NC(=O)c2ccncc2)C(N)=O)cc1. The first-order valence-corrected chi connectivity index (χ1v) is 6.73. The average Bonchev–Trinajstić information content (AvgIpc) is 2.55. The minimum atomic E-state index is -0.783. The molecule has 6 heteroatoms. The molecule has 6 nitrogen and oxygen atoms in total. The van der Waals surface area contributed by atoms with Gasteiger partial charge in [-0.05, 0) is 29.8 Å². The number of nitrogens with one attached hydrogen (secondary N) is 1. The lowest BCUT2D eigenvalue weighted by atomic mass is 10.0. The minimum Gasteiger partial charge on any atom is -0.497 e. The van der Waals surface area contributed by atoms with Crippen LogP contribution in [0.15, 0.2) is 48.8 Å². The number of ether oxygens (including phenoxy) is 1. The molecular formula is C16H17N3O3. The van der Waals surface area contributed by atoms with Gasteiger partial charge in [0.05, 0.1) is 7.11 Å². The van der Waals surface area contributed by atoms with Crippen molar-refractivity contribution in [2.45, 2.75) is 12.5 Å². The third kappa shape index (κ3) is 4.05. The molecule has 114 valence electrons. The van der Waals surface area contributed by atoms with Gasteiger partial charge in [0.1, 0.15) is 11.8 Å². The summed E-state index contributed by atoms with van der Waals surface area (Å²) in [5.41, 5.74) is 6.68. The lowest BCUT2D eigenvalue weighted by Crippen LogP contribution is -2.45. The zero-order valence-corrected chi connectivity index (χ0v) is 12.2. The van der Waals surface area contributed by atoms with Crippen LogP contribution in [0, 0.1) is 0 Å². The number of methoxy groups -OCH3 is 1. The van der Waals surface area contributed by atoms with Crippen LogP contribution in [0.2, 0.25) is 0 Å². The predicted molar refractivity (Wildman–Crippen MR) is 81.4 cm³/mol. The highest BCUT2D eigenvalue weighted by Crippen LogP contribution is 2.13. The van der Waals surface area contributed by atoms with E-state index in [1.807, 2.05) is 12.1 Å². The number of nitrogens with zero attached hydrogens (tertiary/aromatic N) is 1. The Kier molecular flexibility index (Phi) is 5.08. The van der Waals surface area contributed by atoms with Crippen molar-refractivity contribution >= 4 is 11.8 Å². The Balaban J connectivity index is 2.06. The molecule has 0 fully saturated rings. The molecule has 0 saturated carbocycles. The van der Waals surface area contributed by atoms with E-state index < -0.39 is 11.9 Å². The second kappa shape index (κ2) is 7.21. The van der Waals surface area contributed by atoms with E-state index in [0.717, 1.165) is 11.3 Å². The number of nitrogens with two attached hydrogens (primary N) is 1. The van der Waals surface area contributed by atoms with E-state index in [0.29, 0.717) is 12.0 Å². The highest BCUT2D eigenvalue weighted by atomic mass is 16.5. The molecule has 0 bridgehead atoms. The topological polar surface area (TPSA) is 94.3 Å². The molecule has 0 radical (unpaired) electrons. The molecule has 3 N–H and O–H groups in total. The summed E-state index contributed by atoms with van der Waals surface area (Å²) in [6.45, 7) is 0. The van der Waals surface area contributed by atoms with Gasteiger partial charge in [0.2, 0.25) is 5.91 Å². The van der Waals surface area contributed by atoms with E-state index in [2.05, 4.69) is 10.3 Å². The maximum atomic E-state index is 12.1. The summed E-state index contributed by atoms with van der Waals surface area (Å²) in [6.07, 6.45) is 3.34. The Labute approximate surface area is 128 Å². The summed E-state index contributed by atoms with van der Waals surface area (Å²) >= 11 is 0. The van der Waals surface area contributed by atoms with Crippen molar-refractivity contribution in [3.8, 4) is 5.75 Å². The van der Waals surface area contributed by atoms with Crippen LogP contribution in [0.4, 0.5) is 0 Å². The van der Waals surface area contributed by atoms with Crippen LogP contribution >= 0.6 is 0 Å². The molecule has 2 aromatic rings. The lowest BCUT2D eigenvalue weighted by Gasteiger charge is -2.15. The zero-order chi connectivity index (χ0) is 15.9. The van der Waals surface area contributed by atoms with E-state index >= 15 is 0 Å². The third-order valence-corrected chi connectivity index (χ3v) is 3.19. The summed E-state index contributed by atoms with van der Waals surface area (Å²) in [4.78, 5) is 27.5. The fourth-order valence-corrected chi connectivity index (χ4v) is 1.96. The van der Waals surface area contributed by atoms with Crippen molar-refractivity contribution in [3.05, 3.63) is 59.9 Å². The van der Waals surface area contributed by atoms with E-state index in [9.17, 15) is 9.59 Å². The largest absolute Gasteiger partial charge is 0.497 e. The first kappa shape index (κ1) is 15.5. The summed E-state index contributed by atoms with van der Waals surface area (Å²) in [7, 11) is 1.58. The van der Waals surface area contributed by atoms with Gasteiger partial charge in [0.15, 0.2) is 0 Å². The average molecular weight is 299 g/mol. The highest BCUT2D eigenvalue weighted by Gasteiger charge is 2.19. The number of amides is 2. The molecule has 2 rings (SSSR count). The summed E-state index contributed by atoms with van der Waals surface area (Å²) in [5, 5.41) is 2.64. The first-order valence-electron chi connectivity index (χ1n) is 6.73. The predicted octanol–water partition coefficient (Wildman–Crippen LogP) is 0.917. The number of aromatic nitrogens is 1. The van der Waals surface area contributed by atoms with Gasteiger partial charge in [-0.2, -0.15) is 0 Å². The molecular weight excluding hydrogens is 282 g/mol.